The van der Waals surface area contributed by atoms with Crippen molar-refractivity contribution in [2.24, 2.45) is 0 Å². The standard InChI is InChI=1S/C10H12O5/c1-5-6(3-11)2-8(15-5)10-9(13)7(12)4-14-10/h2-3,7,9-10,12-13H,4H2,1H3. The first-order valence-electron chi connectivity index (χ1n) is 4.66. The lowest BCUT2D eigenvalue weighted by atomic mass is 10.1. The molecule has 0 amide bonds. The van der Waals surface area contributed by atoms with Gasteiger partial charge in [0, 0.05) is 0 Å². The Bertz CT molecular complexity index is 370. The van der Waals surface area contributed by atoms with Crippen molar-refractivity contribution in [1.82, 2.24) is 0 Å². The number of ether oxygens (including phenoxy) is 1. The summed E-state index contributed by atoms with van der Waals surface area (Å²) >= 11 is 0. The molecule has 0 saturated carbocycles. The minimum Gasteiger partial charge on any atom is -0.463 e. The summed E-state index contributed by atoms with van der Waals surface area (Å²) in [4.78, 5) is 10.6. The molecule has 5 nitrogen and oxygen atoms in total. The van der Waals surface area contributed by atoms with Crippen LogP contribution in [0.2, 0.25) is 0 Å². The molecule has 2 rings (SSSR count). The van der Waals surface area contributed by atoms with E-state index in [9.17, 15) is 15.0 Å². The molecule has 1 aliphatic heterocycles. The Balaban J connectivity index is 2.26. The van der Waals surface area contributed by atoms with Gasteiger partial charge >= 0.3 is 0 Å². The Morgan fingerprint density at radius 3 is 2.73 bits per heavy atom. The van der Waals surface area contributed by atoms with Crippen LogP contribution in [0.1, 0.15) is 28.0 Å². The van der Waals surface area contributed by atoms with Crippen molar-refractivity contribution in [2.75, 3.05) is 6.61 Å². The summed E-state index contributed by atoms with van der Waals surface area (Å²) in [6.07, 6.45) is -1.91. The van der Waals surface area contributed by atoms with Crippen molar-refractivity contribution >= 4 is 6.29 Å². The van der Waals surface area contributed by atoms with E-state index in [4.69, 9.17) is 9.15 Å². The second-order valence-corrected chi connectivity index (χ2v) is 3.59. The summed E-state index contributed by atoms with van der Waals surface area (Å²) in [5, 5.41) is 18.8. The molecule has 2 N–H and O–H groups in total. The molecular formula is C10H12O5. The maximum atomic E-state index is 10.6. The number of aliphatic hydroxyl groups excluding tert-OH is 2. The molecule has 0 aromatic carbocycles. The predicted octanol–water partition coefficient (Wildman–Crippen LogP) is 0.194. The van der Waals surface area contributed by atoms with Crippen molar-refractivity contribution in [2.45, 2.75) is 25.2 Å². The van der Waals surface area contributed by atoms with Gasteiger partial charge in [-0.3, -0.25) is 4.79 Å². The van der Waals surface area contributed by atoms with Gasteiger partial charge in [-0.25, -0.2) is 0 Å². The zero-order chi connectivity index (χ0) is 11.0. The Morgan fingerprint density at radius 2 is 2.27 bits per heavy atom. The van der Waals surface area contributed by atoms with Crippen molar-refractivity contribution in [3.05, 3.63) is 23.2 Å². The highest BCUT2D eigenvalue weighted by atomic mass is 16.5. The van der Waals surface area contributed by atoms with Crippen molar-refractivity contribution in [3.63, 3.8) is 0 Å². The largest absolute Gasteiger partial charge is 0.463 e. The lowest BCUT2D eigenvalue weighted by molar-refractivity contribution is 0.0117. The summed E-state index contributed by atoms with van der Waals surface area (Å²) in [5.41, 5.74) is 0.433. The average molecular weight is 212 g/mol. The van der Waals surface area contributed by atoms with Crippen LogP contribution in [0.25, 0.3) is 0 Å². The fourth-order valence-electron chi connectivity index (χ4n) is 1.63. The number of carbonyl (C=O) groups is 1. The Labute approximate surface area is 86.3 Å². The summed E-state index contributed by atoms with van der Waals surface area (Å²) in [6.45, 7) is 1.73. The molecule has 1 aromatic heterocycles. The zero-order valence-electron chi connectivity index (χ0n) is 8.21. The van der Waals surface area contributed by atoms with Crippen LogP contribution in [-0.4, -0.2) is 35.3 Å². The highest BCUT2D eigenvalue weighted by molar-refractivity contribution is 5.76. The third kappa shape index (κ3) is 1.69. The van der Waals surface area contributed by atoms with Gasteiger partial charge in [-0.2, -0.15) is 0 Å². The van der Waals surface area contributed by atoms with Crippen molar-refractivity contribution in [1.29, 1.82) is 0 Å². The summed E-state index contributed by atoms with van der Waals surface area (Å²) < 4.78 is 10.4. The monoisotopic (exact) mass is 212 g/mol. The van der Waals surface area contributed by atoms with E-state index in [2.05, 4.69) is 0 Å². The Hall–Kier alpha value is -1.17. The molecule has 0 bridgehead atoms. The molecule has 1 aliphatic rings. The van der Waals surface area contributed by atoms with E-state index in [0.717, 1.165) is 0 Å². The summed E-state index contributed by atoms with van der Waals surface area (Å²) in [5.74, 6) is 0.857. The SMILES string of the molecule is Cc1oc(C2OCC(O)C2O)cc1C=O. The van der Waals surface area contributed by atoms with Crippen LogP contribution in [0.5, 0.6) is 0 Å². The lowest BCUT2D eigenvalue weighted by Gasteiger charge is -2.11. The number of aldehydes is 1. The number of hydrogen-bond acceptors (Lipinski definition) is 5. The van der Waals surface area contributed by atoms with Gasteiger partial charge in [0.25, 0.3) is 0 Å². The first kappa shape index (κ1) is 10.4. The smallest absolute Gasteiger partial charge is 0.153 e. The molecule has 15 heavy (non-hydrogen) atoms. The third-order valence-electron chi connectivity index (χ3n) is 2.53. The van der Waals surface area contributed by atoms with Gasteiger partial charge in [0.15, 0.2) is 6.29 Å². The van der Waals surface area contributed by atoms with Gasteiger partial charge in [0.2, 0.25) is 0 Å². The molecule has 0 aliphatic carbocycles. The molecule has 82 valence electrons. The number of carbonyl (C=O) groups excluding carboxylic acids is 1. The van der Waals surface area contributed by atoms with Crippen molar-refractivity contribution < 1.29 is 24.2 Å². The second kappa shape index (κ2) is 3.77. The van der Waals surface area contributed by atoms with Crippen LogP contribution in [0.15, 0.2) is 10.5 Å². The molecular weight excluding hydrogens is 200 g/mol. The van der Waals surface area contributed by atoms with E-state index in [1.165, 1.54) is 6.07 Å². The van der Waals surface area contributed by atoms with E-state index in [1.54, 1.807) is 6.92 Å². The van der Waals surface area contributed by atoms with Gasteiger partial charge in [-0.1, -0.05) is 0 Å². The van der Waals surface area contributed by atoms with E-state index in [-0.39, 0.29) is 6.61 Å². The molecule has 5 heteroatoms. The molecule has 0 spiro atoms. The molecule has 1 saturated heterocycles. The second-order valence-electron chi connectivity index (χ2n) is 3.59. The van der Waals surface area contributed by atoms with Gasteiger partial charge in [-0.15, -0.1) is 0 Å². The number of hydrogen-bond donors (Lipinski definition) is 2. The quantitative estimate of drug-likeness (QED) is 0.684. The lowest BCUT2D eigenvalue weighted by Crippen LogP contribution is -2.24. The van der Waals surface area contributed by atoms with Crippen LogP contribution in [0.4, 0.5) is 0 Å². The van der Waals surface area contributed by atoms with Crippen LogP contribution in [0, 0.1) is 6.92 Å². The maximum absolute atomic E-state index is 10.6. The predicted molar refractivity (Wildman–Crippen MR) is 49.5 cm³/mol. The van der Waals surface area contributed by atoms with Crippen LogP contribution >= 0.6 is 0 Å². The summed E-state index contributed by atoms with van der Waals surface area (Å²) in [7, 11) is 0. The number of aryl methyl sites for hydroxylation is 1. The normalized spacial score (nSPS) is 30.7. The van der Waals surface area contributed by atoms with E-state index in [1.807, 2.05) is 0 Å². The van der Waals surface area contributed by atoms with Crippen LogP contribution in [0.3, 0.4) is 0 Å². The van der Waals surface area contributed by atoms with Gasteiger partial charge in [-0.05, 0) is 13.0 Å². The fourth-order valence-corrected chi connectivity index (χ4v) is 1.63. The molecule has 1 fully saturated rings. The van der Waals surface area contributed by atoms with E-state index in [0.29, 0.717) is 23.4 Å². The topological polar surface area (TPSA) is 79.9 Å². The molecule has 3 atom stereocenters. The van der Waals surface area contributed by atoms with Gasteiger partial charge in [0.1, 0.15) is 29.8 Å². The molecule has 1 aromatic rings. The van der Waals surface area contributed by atoms with Crippen LogP contribution < -0.4 is 0 Å². The minimum atomic E-state index is -1.00. The van der Waals surface area contributed by atoms with Gasteiger partial charge in [0.05, 0.1) is 12.2 Å². The fraction of sp³-hybridized carbons (Fsp3) is 0.500. The molecule has 3 unspecified atom stereocenters. The molecule has 0 radical (unpaired) electrons. The first-order valence-corrected chi connectivity index (χ1v) is 4.66. The number of furan rings is 1. The Morgan fingerprint density at radius 1 is 1.53 bits per heavy atom. The summed E-state index contributed by atoms with van der Waals surface area (Å²) in [6, 6.07) is 1.52. The first-order chi connectivity index (χ1) is 7.13. The highest BCUT2D eigenvalue weighted by Gasteiger charge is 2.37. The van der Waals surface area contributed by atoms with Gasteiger partial charge < -0.3 is 19.4 Å². The third-order valence-corrected chi connectivity index (χ3v) is 2.53. The molecule has 2 heterocycles. The zero-order valence-corrected chi connectivity index (χ0v) is 8.21. The van der Waals surface area contributed by atoms with E-state index >= 15 is 0 Å². The average Bonchev–Trinajstić information content (AvgIpc) is 2.72. The highest BCUT2D eigenvalue weighted by Crippen LogP contribution is 2.31. The van der Waals surface area contributed by atoms with Crippen molar-refractivity contribution in [3.8, 4) is 0 Å². The van der Waals surface area contributed by atoms with Crippen LogP contribution in [-0.2, 0) is 4.74 Å². The number of aliphatic hydroxyl groups is 2. The number of rotatable bonds is 2. The minimum absolute atomic E-state index is 0.0714. The Kier molecular flexibility index (Phi) is 2.60. The van der Waals surface area contributed by atoms with E-state index < -0.39 is 18.3 Å². The maximum Gasteiger partial charge on any atom is 0.153 e.